The van der Waals surface area contributed by atoms with Crippen molar-refractivity contribution in [2.45, 2.75) is 11.7 Å². The van der Waals surface area contributed by atoms with E-state index in [1.165, 1.54) is 12.2 Å². The Balaban J connectivity index is 1.65. The molecule has 1 unspecified atom stereocenters. The van der Waals surface area contributed by atoms with Crippen molar-refractivity contribution >= 4 is 61.6 Å². The maximum atomic E-state index is 13.4. The molecule has 0 bridgehead atoms. The summed E-state index contributed by atoms with van der Waals surface area (Å²) in [6.45, 7) is 0.753. The molecule has 0 amide bonds. The van der Waals surface area contributed by atoms with Gasteiger partial charge in [-0.05, 0) is 55.6 Å². The zero-order valence-corrected chi connectivity index (χ0v) is 21.6. The van der Waals surface area contributed by atoms with E-state index < -0.39 is 27.8 Å². The number of nitrogens with zero attached hydrogens (tertiary/aromatic N) is 4. The molecule has 3 aromatic rings. The second-order valence-corrected chi connectivity index (χ2v) is 11.1. The normalized spacial score (nSPS) is 15.9. The molecule has 10 nitrogen and oxygen atoms in total. The van der Waals surface area contributed by atoms with Crippen LogP contribution >= 0.6 is 23.2 Å². The quantitative estimate of drug-likeness (QED) is 0.328. The molecule has 0 aliphatic heterocycles. The van der Waals surface area contributed by atoms with E-state index in [4.69, 9.17) is 23.2 Å². The van der Waals surface area contributed by atoms with Crippen molar-refractivity contribution in [1.82, 2.24) is 20.1 Å². The van der Waals surface area contributed by atoms with E-state index in [1.807, 2.05) is 23.7 Å². The number of hydrogen-bond donors (Lipinski definition) is 3. The Bertz CT molecular complexity index is 1440. The van der Waals surface area contributed by atoms with Gasteiger partial charge in [0.2, 0.25) is 10.0 Å². The number of rotatable bonds is 10. The highest BCUT2D eigenvalue weighted by Gasteiger charge is 2.34. The van der Waals surface area contributed by atoms with Gasteiger partial charge in [0.25, 0.3) is 0 Å². The average molecular weight is 551 g/mol. The van der Waals surface area contributed by atoms with Gasteiger partial charge in [-0.3, -0.25) is 13.7 Å². The van der Waals surface area contributed by atoms with Crippen LogP contribution in [0.4, 0.5) is 11.5 Å². The van der Waals surface area contributed by atoms with E-state index >= 15 is 0 Å². The van der Waals surface area contributed by atoms with Gasteiger partial charge in [0.15, 0.2) is 5.82 Å². The van der Waals surface area contributed by atoms with E-state index in [0.717, 1.165) is 16.4 Å². The van der Waals surface area contributed by atoms with Crippen LogP contribution in [-0.2, 0) is 14.8 Å². The van der Waals surface area contributed by atoms with E-state index in [1.54, 1.807) is 30.5 Å². The third kappa shape index (κ3) is 5.65. The first kappa shape index (κ1) is 26.0. The van der Waals surface area contributed by atoms with Crippen LogP contribution in [0, 0.1) is 0 Å². The molecule has 0 radical (unpaired) electrons. The Morgan fingerprint density at radius 2 is 2.00 bits per heavy atom. The largest absolute Gasteiger partial charge is 0.480 e. The van der Waals surface area contributed by atoms with Crippen molar-refractivity contribution in [2.24, 2.45) is 0 Å². The van der Waals surface area contributed by atoms with Crippen LogP contribution in [0.2, 0.25) is 0 Å². The van der Waals surface area contributed by atoms with Crippen molar-refractivity contribution in [3.8, 4) is 5.82 Å². The fraction of sp³-hybridized carbons (Fsp3) is 0.261. The third-order valence-corrected chi connectivity index (χ3v) is 8.07. The van der Waals surface area contributed by atoms with Crippen molar-refractivity contribution in [3.63, 3.8) is 0 Å². The summed E-state index contributed by atoms with van der Waals surface area (Å²) in [6, 6.07) is 10.3. The number of fused-ring (bicyclic) bond motifs is 1. The van der Waals surface area contributed by atoms with Crippen molar-refractivity contribution in [1.29, 1.82) is 0 Å². The fourth-order valence-electron chi connectivity index (χ4n) is 3.84. The summed E-state index contributed by atoms with van der Waals surface area (Å²) in [6.07, 6.45) is 4.63. The number of halogens is 2. The number of anilines is 2. The smallest absolute Gasteiger partial charge is 0.324 e. The predicted molar refractivity (Wildman–Crippen MR) is 141 cm³/mol. The fourth-order valence-corrected chi connectivity index (χ4v) is 6.36. The number of aromatic nitrogens is 3. The summed E-state index contributed by atoms with van der Waals surface area (Å²) >= 11 is 12.1. The molecule has 1 aliphatic rings. The summed E-state index contributed by atoms with van der Waals surface area (Å²) in [5.74, 6) is -0.0631. The number of likely N-dealkylation sites (N-methyl/N-ethyl adjacent to an activating group) is 1. The first-order valence-corrected chi connectivity index (χ1v) is 13.3. The molecule has 0 saturated carbocycles. The highest BCUT2D eigenvalue weighted by molar-refractivity contribution is 7.93. The molecule has 2 heterocycles. The minimum atomic E-state index is -4.14. The van der Waals surface area contributed by atoms with Crippen molar-refractivity contribution in [2.75, 3.05) is 36.3 Å². The maximum Gasteiger partial charge on any atom is 0.324 e. The number of carbonyl (C=O) groups is 1. The lowest BCUT2D eigenvalue weighted by atomic mass is 10.2. The van der Waals surface area contributed by atoms with E-state index in [-0.39, 0.29) is 22.2 Å². The predicted octanol–water partition coefficient (Wildman–Crippen LogP) is 3.29. The van der Waals surface area contributed by atoms with Crippen LogP contribution in [0.3, 0.4) is 0 Å². The molecule has 4 rings (SSSR count). The van der Waals surface area contributed by atoms with Gasteiger partial charge >= 0.3 is 5.97 Å². The lowest BCUT2D eigenvalue weighted by Crippen LogP contribution is -2.41. The number of benzene rings is 1. The van der Waals surface area contributed by atoms with Crippen LogP contribution in [0.5, 0.6) is 0 Å². The number of aliphatic carboxylic acids is 1. The Morgan fingerprint density at radius 3 is 2.67 bits per heavy atom. The summed E-state index contributed by atoms with van der Waals surface area (Å²) < 4.78 is 29.6. The number of carboxylic acids is 1. The molecule has 0 spiro atoms. The Labute approximate surface area is 218 Å². The van der Waals surface area contributed by atoms with Crippen LogP contribution in [-0.4, -0.2) is 66.2 Å². The molecule has 0 fully saturated rings. The Morgan fingerprint density at radius 1 is 1.19 bits per heavy atom. The Hall–Kier alpha value is -3.12. The molecule has 190 valence electrons. The van der Waals surface area contributed by atoms with Crippen LogP contribution in [0.25, 0.3) is 16.7 Å². The molecule has 1 atom stereocenters. The summed E-state index contributed by atoms with van der Waals surface area (Å²) in [4.78, 5) is 11.6. The van der Waals surface area contributed by atoms with Gasteiger partial charge in [0.1, 0.15) is 17.6 Å². The number of sulfonamides is 1. The zero-order chi connectivity index (χ0) is 25.9. The van der Waals surface area contributed by atoms with Crippen LogP contribution in [0.1, 0.15) is 6.42 Å². The topological polar surface area (TPSA) is 129 Å². The molecule has 1 aliphatic carbocycles. The van der Waals surface area contributed by atoms with Gasteiger partial charge in [-0.2, -0.15) is 0 Å². The number of nitrogens with one attached hydrogen (secondary N) is 2. The molecule has 36 heavy (non-hydrogen) atoms. The number of hydrogen-bond acceptors (Lipinski definition) is 7. The van der Waals surface area contributed by atoms with Crippen molar-refractivity contribution < 1.29 is 18.3 Å². The van der Waals surface area contributed by atoms with Gasteiger partial charge in [-0.1, -0.05) is 23.2 Å². The summed E-state index contributed by atoms with van der Waals surface area (Å²) in [7, 11) is -2.27. The zero-order valence-electron chi connectivity index (χ0n) is 19.2. The number of allylic oxidation sites excluding steroid dienone is 3. The van der Waals surface area contributed by atoms with Crippen molar-refractivity contribution in [3.05, 3.63) is 64.8 Å². The SMILES string of the molecule is CNCCNc1ccc(-n2ccc3cc(N(CC(=O)O)S(=O)(=O)C4C=C(Cl)C=C(Cl)C4)ccc32)nn1. The molecule has 2 aromatic heterocycles. The van der Waals surface area contributed by atoms with E-state index in [0.29, 0.717) is 23.6 Å². The highest BCUT2D eigenvalue weighted by Crippen LogP contribution is 2.32. The first-order chi connectivity index (χ1) is 17.2. The standard InChI is InChI=1S/C23H24Cl2N6O4S/c1-26-7-8-27-21-4-5-22(29-28-21)30-9-6-15-10-18(2-3-20(15)30)31(14-23(32)33)36(34,35)19-12-16(24)11-17(25)13-19/h2-6,9-12,19,26H,7-8,13-14H2,1H3,(H,27,28)(H,32,33). The highest BCUT2D eigenvalue weighted by atomic mass is 35.5. The third-order valence-electron chi connectivity index (χ3n) is 5.54. The van der Waals surface area contributed by atoms with Gasteiger partial charge in [-0.15, -0.1) is 10.2 Å². The molecule has 13 heteroatoms. The lowest BCUT2D eigenvalue weighted by Gasteiger charge is -2.28. The minimum Gasteiger partial charge on any atom is -0.480 e. The van der Waals surface area contributed by atoms with Gasteiger partial charge in [0.05, 0.1) is 11.2 Å². The average Bonchev–Trinajstić information content (AvgIpc) is 3.25. The van der Waals surface area contributed by atoms with Crippen LogP contribution < -0.4 is 14.9 Å². The van der Waals surface area contributed by atoms with Gasteiger partial charge in [0, 0.05) is 41.2 Å². The van der Waals surface area contributed by atoms with E-state index in [9.17, 15) is 18.3 Å². The number of carboxylic acid groups (broad SMARTS) is 1. The van der Waals surface area contributed by atoms with Crippen LogP contribution in [0.15, 0.2) is 64.8 Å². The van der Waals surface area contributed by atoms with Gasteiger partial charge in [-0.25, -0.2) is 8.42 Å². The monoisotopic (exact) mass is 550 g/mol. The first-order valence-electron chi connectivity index (χ1n) is 11.0. The second-order valence-electron chi connectivity index (χ2n) is 8.07. The molecular formula is C23H24Cl2N6O4S. The summed E-state index contributed by atoms with van der Waals surface area (Å²) in [5, 5.41) is 24.2. The molecular weight excluding hydrogens is 527 g/mol. The Kier molecular flexibility index (Phi) is 7.84. The van der Waals surface area contributed by atoms with E-state index in [2.05, 4.69) is 20.8 Å². The second kappa shape index (κ2) is 10.9. The molecule has 1 aromatic carbocycles. The summed E-state index contributed by atoms with van der Waals surface area (Å²) in [5.41, 5.74) is 0.969. The molecule has 0 saturated heterocycles. The maximum absolute atomic E-state index is 13.4. The lowest BCUT2D eigenvalue weighted by molar-refractivity contribution is -0.135. The van der Waals surface area contributed by atoms with Gasteiger partial charge < -0.3 is 15.7 Å². The molecule has 3 N–H and O–H groups in total. The minimum absolute atomic E-state index is 0.00727.